The summed E-state index contributed by atoms with van der Waals surface area (Å²) < 4.78 is 5.30. The maximum atomic E-state index is 10.8. The number of hydrogen-bond acceptors (Lipinski definition) is 3. The topological polar surface area (TPSA) is 75.2 Å². The summed E-state index contributed by atoms with van der Waals surface area (Å²) in [4.78, 5) is 17.3. The highest BCUT2D eigenvalue weighted by atomic mass is 35.5. The van der Waals surface area contributed by atoms with Crippen LogP contribution in [-0.2, 0) is 0 Å². The maximum absolute atomic E-state index is 10.8. The first-order valence-electron chi connectivity index (χ1n) is 5.15. The van der Waals surface area contributed by atoms with Gasteiger partial charge >= 0.3 is 5.97 Å². The van der Waals surface area contributed by atoms with E-state index in [1.165, 1.54) is 6.20 Å². The highest BCUT2D eigenvalue weighted by Crippen LogP contribution is 2.34. The van der Waals surface area contributed by atoms with Crippen LogP contribution in [0.5, 0.6) is 5.75 Å². The molecule has 2 aromatic rings. The molecule has 1 aromatic carbocycles. The average Bonchev–Trinajstić information content (AvgIpc) is 2.77. The number of H-pyrrole nitrogens is 1. The van der Waals surface area contributed by atoms with Gasteiger partial charge in [0.2, 0.25) is 5.82 Å². The number of halogens is 1. The van der Waals surface area contributed by atoms with Gasteiger partial charge in [-0.3, -0.25) is 0 Å². The summed E-state index contributed by atoms with van der Waals surface area (Å²) in [6, 6.07) is 3.48. The second-order valence-corrected chi connectivity index (χ2v) is 4.19. The zero-order chi connectivity index (χ0) is 13.3. The van der Waals surface area contributed by atoms with Crippen molar-refractivity contribution in [1.29, 1.82) is 0 Å². The van der Waals surface area contributed by atoms with Crippen LogP contribution in [0, 0.1) is 6.92 Å². The number of methoxy groups -OCH3 is 1. The predicted molar refractivity (Wildman–Crippen MR) is 67.3 cm³/mol. The van der Waals surface area contributed by atoms with Gasteiger partial charge in [-0.05, 0) is 24.6 Å². The van der Waals surface area contributed by atoms with Crippen molar-refractivity contribution in [2.24, 2.45) is 0 Å². The maximum Gasteiger partial charge on any atom is 0.371 e. The third-order valence-electron chi connectivity index (χ3n) is 2.51. The van der Waals surface area contributed by atoms with Crippen LogP contribution < -0.4 is 4.74 Å². The second kappa shape index (κ2) is 4.70. The minimum atomic E-state index is -1.11. The fourth-order valence-corrected chi connectivity index (χ4v) is 2.04. The first-order chi connectivity index (χ1) is 8.52. The number of rotatable bonds is 3. The van der Waals surface area contributed by atoms with Crippen LogP contribution in [0.15, 0.2) is 18.3 Å². The molecule has 2 N–H and O–H groups in total. The van der Waals surface area contributed by atoms with E-state index in [9.17, 15) is 4.79 Å². The quantitative estimate of drug-likeness (QED) is 0.896. The Balaban J connectivity index is 2.58. The number of ether oxygens (including phenoxy) is 1. The molecular weight excluding hydrogens is 256 g/mol. The Kier molecular flexibility index (Phi) is 3.25. The number of aryl methyl sites for hydroxylation is 1. The van der Waals surface area contributed by atoms with Crippen LogP contribution in [0.4, 0.5) is 0 Å². The first kappa shape index (κ1) is 12.4. The summed E-state index contributed by atoms with van der Waals surface area (Å²) in [5, 5.41) is 9.38. The fourth-order valence-electron chi connectivity index (χ4n) is 1.77. The molecular formula is C12H11ClN2O3. The third kappa shape index (κ3) is 2.17. The van der Waals surface area contributed by atoms with Gasteiger partial charge in [0.15, 0.2) is 0 Å². The van der Waals surface area contributed by atoms with Gasteiger partial charge in [-0.2, -0.15) is 0 Å². The Bertz CT molecular complexity index is 607. The van der Waals surface area contributed by atoms with Crippen LogP contribution in [-0.4, -0.2) is 28.2 Å². The number of aromatic nitrogens is 2. The number of nitrogens with one attached hydrogen (secondary N) is 1. The normalized spacial score (nSPS) is 10.4. The molecule has 1 aromatic heterocycles. The Hall–Kier alpha value is -2.01. The zero-order valence-electron chi connectivity index (χ0n) is 9.82. The van der Waals surface area contributed by atoms with Gasteiger partial charge in [-0.25, -0.2) is 9.78 Å². The van der Waals surface area contributed by atoms with Crippen LogP contribution >= 0.6 is 11.6 Å². The fraction of sp³-hybridized carbons (Fsp3) is 0.167. The molecule has 0 aliphatic heterocycles. The molecule has 0 aliphatic carbocycles. The van der Waals surface area contributed by atoms with Gasteiger partial charge in [0.05, 0.1) is 19.0 Å². The minimum Gasteiger partial charge on any atom is -0.496 e. The molecule has 0 saturated heterocycles. The summed E-state index contributed by atoms with van der Waals surface area (Å²) in [6.07, 6.45) is 1.44. The van der Waals surface area contributed by atoms with Crippen LogP contribution in [0.25, 0.3) is 11.3 Å². The monoisotopic (exact) mass is 266 g/mol. The molecule has 0 aliphatic rings. The van der Waals surface area contributed by atoms with E-state index in [-0.39, 0.29) is 5.82 Å². The SMILES string of the molecule is COc1c(C)cc(Cl)cc1-c1cnc(C(=O)O)[nH]1. The minimum absolute atomic E-state index is 0.121. The van der Waals surface area contributed by atoms with Crippen molar-refractivity contribution in [3.05, 3.63) is 34.7 Å². The summed E-state index contributed by atoms with van der Waals surface area (Å²) in [5.41, 5.74) is 2.10. The lowest BCUT2D eigenvalue weighted by Crippen LogP contribution is -1.98. The predicted octanol–water partition coefficient (Wildman–Crippen LogP) is 2.75. The number of carboxylic acid groups (broad SMARTS) is 1. The molecule has 2 rings (SSSR count). The van der Waals surface area contributed by atoms with Crippen molar-refractivity contribution >= 4 is 17.6 Å². The van der Waals surface area contributed by atoms with Crippen molar-refractivity contribution in [1.82, 2.24) is 9.97 Å². The molecule has 0 saturated carbocycles. The van der Waals surface area contributed by atoms with Crippen LogP contribution in [0.2, 0.25) is 5.02 Å². The molecule has 0 bridgehead atoms. The summed E-state index contributed by atoms with van der Waals surface area (Å²) >= 11 is 5.99. The summed E-state index contributed by atoms with van der Waals surface area (Å²) in [7, 11) is 1.55. The van der Waals surface area contributed by atoms with Crippen molar-refractivity contribution in [3.8, 4) is 17.0 Å². The van der Waals surface area contributed by atoms with Gasteiger partial charge in [0.1, 0.15) is 5.75 Å². The molecule has 0 radical (unpaired) electrons. The van der Waals surface area contributed by atoms with Crippen LogP contribution in [0.1, 0.15) is 16.2 Å². The van der Waals surface area contributed by atoms with Crippen molar-refractivity contribution in [3.63, 3.8) is 0 Å². The molecule has 6 heteroatoms. The van der Waals surface area contributed by atoms with E-state index in [1.54, 1.807) is 19.2 Å². The highest BCUT2D eigenvalue weighted by Gasteiger charge is 2.14. The van der Waals surface area contributed by atoms with Gasteiger partial charge in [-0.15, -0.1) is 0 Å². The number of carboxylic acids is 1. The van der Waals surface area contributed by atoms with E-state index in [0.717, 1.165) is 5.56 Å². The Morgan fingerprint density at radius 1 is 1.50 bits per heavy atom. The number of aromatic carboxylic acids is 1. The van der Waals surface area contributed by atoms with E-state index < -0.39 is 5.97 Å². The lowest BCUT2D eigenvalue weighted by atomic mass is 10.1. The smallest absolute Gasteiger partial charge is 0.371 e. The molecule has 0 fully saturated rings. The van der Waals surface area contributed by atoms with E-state index in [2.05, 4.69) is 9.97 Å². The van der Waals surface area contributed by atoms with Crippen molar-refractivity contribution in [2.45, 2.75) is 6.92 Å². The third-order valence-corrected chi connectivity index (χ3v) is 2.73. The van der Waals surface area contributed by atoms with Crippen molar-refractivity contribution in [2.75, 3.05) is 7.11 Å². The average molecular weight is 267 g/mol. The Labute approximate surface area is 108 Å². The molecule has 1 heterocycles. The molecule has 18 heavy (non-hydrogen) atoms. The van der Waals surface area contributed by atoms with Gasteiger partial charge in [0.25, 0.3) is 0 Å². The lowest BCUT2D eigenvalue weighted by molar-refractivity contribution is 0.0685. The highest BCUT2D eigenvalue weighted by molar-refractivity contribution is 6.31. The van der Waals surface area contributed by atoms with Gasteiger partial charge in [-0.1, -0.05) is 11.6 Å². The molecule has 0 atom stereocenters. The van der Waals surface area contributed by atoms with E-state index in [4.69, 9.17) is 21.4 Å². The van der Waals surface area contributed by atoms with E-state index in [0.29, 0.717) is 22.0 Å². The number of benzene rings is 1. The van der Waals surface area contributed by atoms with E-state index >= 15 is 0 Å². The molecule has 94 valence electrons. The van der Waals surface area contributed by atoms with E-state index in [1.807, 2.05) is 6.92 Å². The summed E-state index contributed by atoms with van der Waals surface area (Å²) in [5.74, 6) is -0.594. The largest absolute Gasteiger partial charge is 0.496 e. The van der Waals surface area contributed by atoms with Gasteiger partial charge < -0.3 is 14.8 Å². The number of aromatic amines is 1. The number of carbonyl (C=O) groups is 1. The Morgan fingerprint density at radius 2 is 2.22 bits per heavy atom. The summed E-state index contributed by atoms with van der Waals surface area (Å²) in [6.45, 7) is 1.86. The number of nitrogens with zero attached hydrogens (tertiary/aromatic N) is 1. The first-order valence-corrected chi connectivity index (χ1v) is 5.53. The number of hydrogen-bond donors (Lipinski definition) is 2. The Morgan fingerprint density at radius 3 is 2.78 bits per heavy atom. The second-order valence-electron chi connectivity index (χ2n) is 3.75. The molecule has 0 unspecified atom stereocenters. The van der Waals surface area contributed by atoms with Crippen LogP contribution in [0.3, 0.4) is 0 Å². The van der Waals surface area contributed by atoms with Gasteiger partial charge in [0, 0.05) is 10.6 Å². The zero-order valence-corrected chi connectivity index (χ0v) is 10.6. The standard InChI is InChI=1S/C12H11ClN2O3/c1-6-3-7(13)4-8(10(6)18-2)9-5-14-11(15-9)12(16)17/h3-5H,1-2H3,(H,14,15)(H,16,17). The number of imidazole rings is 1. The molecule has 0 amide bonds. The molecule has 0 spiro atoms. The molecule has 5 nitrogen and oxygen atoms in total. The lowest BCUT2D eigenvalue weighted by Gasteiger charge is -2.10. The van der Waals surface area contributed by atoms with Crippen molar-refractivity contribution < 1.29 is 14.6 Å².